The molecule has 1 saturated carbocycles. The molecule has 5 rings (SSSR count). The van der Waals surface area contributed by atoms with E-state index in [0.717, 1.165) is 11.3 Å². The van der Waals surface area contributed by atoms with Crippen molar-refractivity contribution in [2.24, 2.45) is 23.7 Å². The molecule has 2 amide bonds. The largest absolute Gasteiger partial charge is 0.457 e. The number of carbonyl (C=O) groups is 3. The Labute approximate surface area is 159 Å². The molecule has 7 heteroatoms. The van der Waals surface area contributed by atoms with E-state index in [9.17, 15) is 14.4 Å². The van der Waals surface area contributed by atoms with Crippen molar-refractivity contribution in [2.45, 2.75) is 6.42 Å². The Morgan fingerprint density at radius 2 is 1.81 bits per heavy atom. The Kier molecular flexibility index (Phi) is 3.52. The highest BCUT2D eigenvalue weighted by atomic mass is 35.5. The van der Waals surface area contributed by atoms with Crippen LogP contribution >= 0.6 is 11.6 Å². The summed E-state index contributed by atoms with van der Waals surface area (Å²) in [5.41, 5.74) is 0.186. The summed E-state index contributed by atoms with van der Waals surface area (Å²) in [6.45, 7) is 0. The third-order valence-corrected chi connectivity index (χ3v) is 5.79. The van der Waals surface area contributed by atoms with Crippen LogP contribution < -0.4 is 9.64 Å². The fourth-order valence-electron chi connectivity index (χ4n) is 4.44. The maximum Gasteiger partial charge on any atom is 0.379 e. The average molecular weight is 384 g/mol. The van der Waals surface area contributed by atoms with Crippen molar-refractivity contribution in [3.05, 3.63) is 59.5 Å². The van der Waals surface area contributed by atoms with Gasteiger partial charge in [0.2, 0.25) is 17.6 Å². The highest BCUT2D eigenvalue weighted by molar-refractivity contribution is 6.31. The van der Waals surface area contributed by atoms with Crippen LogP contribution in [-0.4, -0.2) is 17.8 Å². The lowest BCUT2D eigenvalue weighted by atomic mass is 9.85. The number of imide groups is 1. The first-order valence-corrected chi connectivity index (χ1v) is 9.04. The lowest BCUT2D eigenvalue weighted by molar-refractivity contribution is -0.123. The molecule has 4 atom stereocenters. The highest BCUT2D eigenvalue weighted by Crippen LogP contribution is 2.54. The Morgan fingerprint density at radius 1 is 1.11 bits per heavy atom. The first kappa shape index (κ1) is 16.3. The summed E-state index contributed by atoms with van der Waals surface area (Å²) in [7, 11) is 0. The summed E-state index contributed by atoms with van der Waals surface area (Å²) in [5.74, 6) is -1.65. The number of rotatable bonds is 3. The fraction of sp³-hybridized carbons (Fsp3) is 0.250. The van der Waals surface area contributed by atoms with Gasteiger partial charge in [0.05, 0.1) is 23.8 Å². The molecule has 3 aliphatic rings. The van der Waals surface area contributed by atoms with Crippen LogP contribution in [0.15, 0.2) is 53.2 Å². The zero-order valence-electron chi connectivity index (χ0n) is 14.0. The molecule has 0 radical (unpaired) electrons. The van der Waals surface area contributed by atoms with Gasteiger partial charge < -0.3 is 9.15 Å². The van der Waals surface area contributed by atoms with Gasteiger partial charge in [-0.15, -0.1) is 0 Å². The SMILES string of the molecule is O=C(Oc1ccc(Cl)cc1N1C(=O)[C@@H]2[C@H](C1=O)[C@@H]1C=C[C@H]2C1)c1ccco1. The highest BCUT2D eigenvalue weighted by Gasteiger charge is 2.60. The summed E-state index contributed by atoms with van der Waals surface area (Å²) in [6.07, 6.45) is 6.25. The number of nitrogens with zero attached hydrogens (tertiary/aromatic N) is 1. The van der Waals surface area contributed by atoms with Crippen molar-refractivity contribution < 1.29 is 23.5 Å². The molecule has 0 spiro atoms. The summed E-state index contributed by atoms with van der Waals surface area (Å²) in [6, 6.07) is 7.51. The molecule has 0 unspecified atom stereocenters. The number of benzene rings is 1. The average Bonchev–Trinajstić information content (AvgIpc) is 3.42. The first-order valence-electron chi connectivity index (χ1n) is 8.66. The zero-order chi connectivity index (χ0) is 18.7. The van der Waals surface area contributed by atoms with E-state index >= 15 is 0 Å². The number of ether oxygens (including phenoxy) is 1. The van der Waals surface area contributed by atoms with Gasteiger partial charge in [-0.2, -0.15) is 0 Å². The van der Waals surface area contributed by atoms with E-state index in [1.54, 1.807) is 6.07 Å². The fourth-order valence-corrected chi connectivity index (χ4v) is 4.60. The number of furan rings is 1. The van der Waals surface area contributed by atoms with Gasteiger partial charge in [0.15, 0.2) is 5.75 Å². The predicted octanol–water partition coefficient (Wildman–Crippen LogP) is 3.46. The molecule has 0 N–H and O–H groups in total. The second-order valence-electron chi connectivity index (χ2n) is 6.99. The molecule has 2 fully saturated rings. The smallest absolute Gasteiger partial charge is 0.379 e. The molecule has 2 heterocycles. The normalized spacial score (nSPS) is 28.1. The van der Waals surface area contributed by atoms with E-state index in [4.69, 9.17) is 20.8 Å². The van der Waals surface area contributed by atoms with Gasteiger partial charge in [-0.25, -0.2) is 9.69 Å². The lowest BCUT2D eigenvalue weighted by Gasteiger charge is -2.20. The molecule has 27 heavy (non-hydrogen) atoms. The topological polar surface area (TPSA) is 76.8 Å². The molecular weight excluding hydrogens is 370 g/mol. The molecule has 1 aliphatic heterocycles. The minimum absolute atomic E-state index is 0.0223. The quantitative estimate of drug-likeness (QED) is 0.351. The van der Waals surface area contributed by atoms with E-state index in [2.05, 4.69) is 0 Å². The van der Waals surface area contributed by atoms with Crippen LogP contribution in [0.5, 0.6) is 5.75 Å². The van der Waals surface area contributed by atoms with Crippen molar-refractivity contribution in [3.63, 3.8) is 0 Å². The lowest BCUT2D eigenvalue weighted by Crippen LogP contribution is -2.33. The Balaban J connectivity index is 1.52. The van der Waals surface area contributed by atoms with Crippen LogP contribution in [0.3, 0.4) is 0 Å². The molecule has 6 nitrogen and oxygen atoms in total. The Hall–Kier alpha value is -2.86. The summed E-state index contributed by atoms with van der Waals surface area (Å²) >= 11 is 6.10. The van der Waals surface area contributed by atoms with Crippen LogP contribution in [0.1, 0.15) is 17.0 Å². The number of esters is 1. The van der Waals surface area contributed by atoms with E-state index in [1.165, 1.54) is 30.5 Å². The molecule has 1 aromatic heterocycles. The van der Waals surface area contributed by atoms with Gasteiger partial charge in [0.1, 0.15) is 0 Å². The molecule has 2 bridgehead atoms. The first-order chi connectivity index (χ1) is 13.0. The Bertz CT molecular complexity index is 966. The van der Waals surface area contributed by atoms with Crippen molar-refractivity contribution in [1.82, 2.24) is 0 Å². The maximum absolute atomic E-state index is 13.0. The van der Waals surface area contributed by atoms with Gasteiger partial charge in [0.25, 0.3) is 0 Å². The number of fused-ring (bicyclic) bond motifs is 5. The van der Waals surface area contributed by atoms with Crippen LogP contribution in [-0.2, 0) is 9.59 Å². The number of halogens is 1. The Morgan fingerprint density at radius 3 is 2.44 bits per heavy atom. The second-order valence-corrected chi connectivity index (χ2v) is 7.43. The molecule has 1 saturated heterocycles. The molecule has 1 aromatic carbocycles. The minimum atomic E-state index is -0.718. The molecular formula is C20H14ClNO5. The number of amides is 2. The number of carbonyl (C=O) groups excluding carboxylic acids is 3. The third-order valence-electron chi connectivity index (χ3n) is 5.56. The standard InChI is InChI=1S/C20H14ClNO5/c21-12-5-6-14(27-20(25)15-2-1-7-26-15)13(9-12)22-18(23)16-10-3-4-11(8-10)17(16)19(22)24/h1-7,9-11,16-17H,8H2/t10-,11+,16-,17+. The van der Waals surface area contributed by atoms with Gasteiger partial charge in [-0.05, 0) is 48.6 Å². The monoisotopic (exact) mass is 383 g/mol. The van der Waals surface area contributed by atoms with E-state index in [1.807, 2.05) is 12.2 Å². The molecule has 2 aromatic rings. The van der Waals surface area contributed by atoms with E-state index in [0.29, 0.717) is 5.02 Å². The predicted molar refractivity (Wildman–Crippen MR) is 95.3 cm³/mol. The van der Waals surface area contributed by atoms with Gasteiger partial charge in [0, 0.05) is 5.02 Å². The second kappa shape index (κ2) is 5.82. The van der Waals surface area contributed by atoms with E-state index < -0.39 is 5.97 Å². The van der Waals surface area contributed by atoms with Gasteiger partial charge in [-0.1, -0.05) is 23.8 Å². The zero-order valence-corrected chi connectivity index (χ0v) is 14.8. The van der Waals surface area contributed by atoms with Crippen molar-refractivity contribution in [2.75, 3.05) is 4.90 Å². The van der Waals surface area contributed by atoms with E-state index in [-0.39, 0.29) is 52.7 Å². The van der Waals surface area contributed by atoms with Crippen molar-refractivity contribution in [3.8, 4) is 5.75 Å². The third kappa shape index (κ3) is 2.36. The number of allylic oxidation sites excluding steroid dienone is 2. The molecule has 2 aliphatic carbocycles. The number of anilines is 1. The summed E-state index contributed by atoms with van der Waals surface area (Å²) in [5, 5.41) is 0.335. The van der Waals surface area contributed by atoms with Gasteiger partial charge >= 0.3 is 5.97 Å². The summed E-state index contributed by atoms with van der Waals surface area (Å²) in [4.78, 5) is 39.4. The number of hydrogen-bond acceptors (Lipinski definition) is 5. The van der Waals surface area contributed by atoms with Crippen molar-refractivity contribution in [1.29, 1.82) is 0 Å². The van der Waals surface area contributed by atoms with Crippen LogP contribution in [0.4, 0.5) is 5.69 Å². The van der Waals surface area contributed by atoms with Crippen LogP contribution in [0, 0.1) is 23.7 Å². The summed E-state index contributed by atoms with van der Waals surface area (Å²) < 4.78 is 10.4. The number of hydrogen-bond donors (Lipinski definition) is 0. The minimum Gasteiger partial charge on any atom is -0.457 e. The van der Waals surface area contributed by atoms with Crippen LogP contribution in [0.25, 0.3) is 0 Å². The van der Waals surface area contributed by atoms with Crippen LogP contribution in [0.2, 0.25) is 5.02 Å². The van der Waals surface area contributed by atoms with Gasteiger partial charge in [-0.3, -0.25) is 9.59 Å². The maximum atomic E-state index is 13.0. The molecule has 136 valence electrons. The van der Waals surface area contributed by atoms with Crippen molar-refractivity contribution >= 4 is 35.1 Å².